The molecule has 1 amide bonds. The predicted molar refractivity (Wildman–Crippen MR) is 109 cm³/mol. The van der Waals surface area contributed by atoms with Gasteiger partial charge >= 0.3 is 0 Å². The van der Waals surface area contributed by atoms with E-state index >= 15 is 0 Å². The number of hydrogen-bond donors (Lipinski definition) is 3. The van der Waals surface area contributed by atoms with Gasteiger partial charge in [-0.2, -0.15) is 0 Å². The van der Waals surface area contributed by atoms with Gasteiger partial charge in [0.2, 0.25) is 11.9 Å². The Labute approximate surface area is 161 Å². The first-order valence-electron chi connectivity index (χ1n) is 8.16. The molecule has 140 valence electrons. The summed E-state index contributed by atoms with van der Waals surface area (Å²) in [5.74, 6) is 0.878. The molecule has 2 aromatic rings. The lowest BCUT2D eigenvalue weighted by Crippen LogP contribution is -2.14. The van der Waals surface area contributed by atoms with Gasteiger partial charge in [0.15, 0.2) is 0 Å². The van der Waals surface area contributed by atoms with E-state index in [2.05, 4.69) is 22.2 Å². The molecule has 0 unspecified atom stereocenters. The van der Waals surface area contributed by atoms with E-state index in [9.17, 15) is 4.79 Å². The molecule has 0 saturated carbocycles. The Morgan fingerprint density at radius 1 is 1.27 bits per heavy atom. The molecule has 0 bridgehead atoms. The van der Waals surface area contributed by atoms with E-state index in [1.807, 2.05) is 24.5 Å². The molecule has 0 atom stereocenters. The van der Waals surface area contributed by atoms with E-state index in [0.29, 0.717) is 28.0 Å². The molecule has 0 radical (unpaired) electrons. The summed E-state index contributed by atoms with van der Waals surface area (Å²) in [5.41, 5.74) is 12.8. The van der Waals surface area contributed by atoms with E-state index in [1.54, 1.807) is 6.07 Å². The Morgan fingerprint density at radius 2 is 2.04 bits per heavy atom. The number of carbonyl (C=O) groups excluding carboxylic acids is 1. The van der Waals surface area contributed by atoms with Crippen molar-refractivity contribution in [1.29, 1.82) is 0 Å². The van der Waals surface area contributed by atoms with Gasteiger partial charge in [-0.3, -0.25) is 4.79 Å². The maximum Gasteiger partial charge on any atom is 0.234 e. The highest BCUT2D eigenvalue weighted by molar-refractivity contribution is 8.00. The third kappa shape index (κ3) is 5.99. The molecule has 1 aromatic heterocycles. The molecule has 1 heterocycles. The van der Waals surface area contributed by atoms with Crippen LogP contribution < -0.4 is 21.5 Å². The van der Waals surface area contributed by atoms with E-state index in [1.165, 1.54) is 23.5 Å². The van der Waals surface area contributed by atoms with Crippen molar-refractivity contribution in [3.63, 3.8) is 0 Å². The van der Waals surface area contributed by atoms with Crippen LogP contribution in [0.15, 0.2) is 34.3 Å². The summed E-state index contributed by atoms with van der Waals surface area (Å²) in [7, 11) is 0. The van der Waals surface area contributed by atoms with Crippen LogP contribution in [0.25, 0.3) is 0 Å². The zero-order chi connectivity index (χ0) is 18.9. The molecule has 0 aliphatic carbocycles. The summed E-state index contributed by atoms with van der Waals surface area (Å²) < 4.78 is 5.65. The number of nitrogen functional groups attached to an aromatic ring is 2. The standard InChI is InChI=1S/C17H23N5O2S2/c1-3-4-8-24-12-7-5-6-11(9-12)20-13(23)10-26-16-14(18)15(25-2)21-17(19)22-16/h5-7,9H,3-4,8,10,18H2,1-2H3,(H,20,23)(H2,19,21,22). The summed E-state index contributed by atoms with van der Waals surface area (Å²) in [6.45, 7) is 2.77. The molecule has 26 heavy (non-hydrogen) atoms. The fourth-order valence-corrected chi connectivity index (χ4v) is 3.36. The van der Waals surface area contributed by atoms with Crippen molar-refractivity contribution in [1.82, 2.24) is 9.97 Å². The monoisotopic (exact) mass is 393 g/mol. The molecular formula is C17H23N5O2S2. The molecule has 0 aliphatic heterocycles. The molecule has 2 rings (SSSR count). The summed E-state index contributed by atoms with van der Waals surface area (Å²) >= 11 is 2.61. The fraction of sp³-hybridized carbons (Fsp3) is 0.353. The molecule has 0 saturated heterocycles. The van der Waals surface area contributed by atoms with Crippen LogP contribution in [0.3, 0.4) is 0 Å². The number of nitrogens with one attached hydrogen (secondary N) is 1. The Hall–Kier alpha value is -2.13. The Balaban J connectivity index is 1.93. The first kappa shape index (κ1) is 20.2. The molecule has 0 spiro atoms. The first-order chi connectivity index (χ1) is 12.5. The number of anilines is 3. The number of amides is 1. The van der Waals surface area contributed by atoms with Crippen LogP contribution in [-0.4, -0.2) is 34.5 Å². The highest BCUT2D eigenvalue weighted by atomic mass is 32.2. The van der Waals surface area contributed by atoms with Gasteiger partial charge < -0.3 is 21.5 Å². The number of aromatic nitrogens is 2. The molecular weight excluding hydrogens is 370 g/mol. The van der Waals surface area contributed by atoms with Gasteiger partial charge in [0.05, 0.1) is 18.0 Å². The number of ether oxygens (including phenoxy) is 1. The topological polar surface area (TPSA) is 116 Å². The van der Waals surface area contributed by atoms with Crippen LogP contribution >= 0.6 is 23.5 Å². The van der Waals surface area contributed by atoms with Crippen LogP contribution in [0, 0.1) is 0 Å². The van der Waals surface area contributed by atoms with Crippen molar-refractivity contribution in [3.8, 4) is 5.75 Å². The van der Waals surface area contributed by atoms with Gasteiger partial charge in [-0.05, 0) is 24.8 Å². The quantitative estimate of drug-likeness (QED) is 0.338. The molecule has 0 aliphatic rings. The number of nitrogens with two attached hydrogens (primary N) is 2. The van der Waals surface area contributed by atoms with Crippen LogP contribution in [-0.2, 0) is 4.79 Å². The number of benzene rings is 1. The van der Waals surface area contributed by atoms with Gasteiger partial charge in [-0.1, -0.05) is 31.2 Å². The number of thioether (sulfide) groups is 2. The number of rotatable bonds is 9. The van der Waals surface area contributed by atoms with Gasteiger partial charge in [-0.15, -0.1) is 11.8 Å². The summed E-state index contributed by atoms with van der Waals surface area (Å²) in [5, 5.41) is 3.96. The second-order valence-electron chi connectivity index (χ2n) is 5.38. The van der Waals surface area contributed by atoms with E-state index in [0.717, 1.165) is 18.6 Å². The third-order valence-corrected chi connectivity index (χ3v) is 5.00. The lowest BCUT2D eigenvalue weighted by atomic mass is 10.3. The average Bonchev–Trinajstić information content (AvgIpc) is 2.62. The minimum absolute atomic E-state index is 0.142. The lowest BCUT2D eigenvalue weighted by Gasteiger charge is -2.10. The largest absolute Gasteiger partial charge is 0.494 e. The van der Waals surface area contributed by atoms with Crippen molar-refractivity contribution >= 4 is 46.8 Å². The van der Waals surface area contributed by atoms with Crippen LogP contribution in [0.4, 0.5) is 17.3 Å². The highest BCUT2D eigenvalue weighted by Crippen LogP contribution is 2.30. The fourth-order valence-electron chi connectivity index (χ4n) is 2.04. The molecule has 5 N–H and O–H groups in total. The van der Waals surface area contributed by atoms with Crippen molar-refractivity contribution in [2.75, 3.05) is 35.4 Å². The maximum absolute atomic E-state index is 12.2. The van der Waals surface area contributed by atoms with Crippen LogP contribution in [0.5, 0.6) is 5.75 Å². The van der Waals surface area contributed by atoms with Crippen molar-refractivity contribution in [3.05, 3.63) is 24.3 Å². The Morgan fingerprint density at radius 3 is 2.77 bits per heavy atom. The van der Waals surface area contributed by atoms with Crippen LogP contribution in [0.2, 0.25) is 0 Å². The Bertz CT molecular complexity index is 758. The number of hydrogen-bond acceptors (Lipinski definition) is 8. The second kappa shape index (κ2) is 10.1. The van der Waals surface area contributed by atoms with Gasteiger partial charge in [0, 0.05) is 11.8 Å². The number of carbonyl (C=O) groups is 1. The van der Waals surface area contributed by atoms with Crippen molar-refractivity contribution < 1.29 is 9.53 Å². The minimum atomic E-state index is -0.164. The number of nitrogens with zero attached hydrogens (tertiary/aromatic N) is 2. The summed E-state index contributed by atoms with van der Waals surface area (Å²) in [6.07, 6.45) is 3.92. The smallest absolute Gasteiger partial charge is 0.234 e. The van der Waals surface area contributed by atoms with E-state index in [4.69, 9.17) is 16.2 Å². The van der Waals surface area contributed by atoms with Crippen LogP contribution in [0.1, 0.15) is 19.8 Å². The first-order valence-corrected chi connectivity index (χ1v) is 10.4. The molecule has 7 nitrogen and oxygen atoms in total. The van der Waals surface area contributed by atoms with Gasteiger partial charge in [0.1, 0.15) is 15.8 Å². The van der Waals surface area contributed by atoms with Gasteiger partial charge in [-0.25, -0.2) is 9.97 Å². The summed E-state index contributed by atoms with van der Waals surface area (Å²) in [4.78, 5) is 20.4. The van der Waals surface area contributed by atoms with Crippen molar-refractivity contribution in [2.45, 2.75) is 29.8 Å². The number of unbranched alkanes of at least 4 members (excludes halogenated alkanes) is 1. The minimum Gasteiger partial charge on any atom is -0.494 e. The normalized spacial score (nSPS) is 10.5. The molecule has 0 fully saturated rings. The van der Waals surface area contributed by atoms with E-state index in [-0.39, 0.29) is 17.6 Å². The lowest BCUT2D eigenvalue weighted by molar-refractivity contribution is -0.113. The molecule has 9 heteroatoms. The zero-order valence-electron chi connectivity index (χ0n) is 14.8. The maximum atomic E-state index is 12.2. The van der Waals surface area contributed by atoms with Crippen molar-refractivity contribution in [2.24, 2.45) is 0 Å². The van der Waals surface area contributed by atoms with Gasteiger partial charge in [0.25, 0.3) is 0 Å². The average molecular weight is 394 g/mol. The SMILES string of the molecule is CCCCOc1cccc(NC(=O)CSc2nc(N)nc(SC)c2N)c1. The highest BCUT2D eigenvalue weighted by Gasteiger charge is 2.13. The third-order valence-electron chi connectivity index (χ3n) is 3.31. The van der Waals surface area contributed by atoms with E-state index < -0.39 is 0 Å². The molecule has 1 aromatic carbocycles. The zero-order valence-corrected chi connectivity index (χ0v) is 16.5. The Kier molecular flexibility index (Phi) is 7.86. The second-order valence-corrected chi connectivity index (χ2v) is 7.14. The predicted octanol–water partition coefficient (Wildman–Crippen LogP) is 3.27. The summed E-state index contributed by atoms with van der Waals surface area (Å²) in [6, 6.07) is 7.34.